The van der Waals surface area contributed by atoms with E-state index in [1.165, 1.54) is 0 Å². The molecule has 2 aromatic rings. The van der Waals surface area contributed by atoms with Gasteiger partial charge in [-0.2, -0.15) is 0 Å². The van der Waals surface area contributed by atoms with Gasteiger partial charge in [-0.25, -0.2) is 4.99 Å². The molecule has 0 fully saturated rings. The number of rotatable bonds is 4. The molecular weight excluding hydrogens is 401 g/mol. The first kappa shape index (κ1) is 17.6. The summed E-state index contributed by atoms with van der Waals surface area (Å²) < 4.78 is 5.23. The number of hydrogen-bond donors (Lipinski definition) is 2. The maximum absolute atomic E-state index is 6.07. The summed E-state index contributed by atoms with van der Waals surface area (Å²) in [5.74, 6) is 1.03. The molecule has 0 heterocycles. The second kappa shape index (κ2) is 8.74. The number of halogens is 2. The lowest BCUT2D eigenvalue weighted by Crippen LogP contribution is -2.22. The molecule has 0 unspecified atom stereocenters. The van der Waals surface area contributed by atoms with Crippen molar-refractivity contribution in [3.63, 3.8) is 0 Å². The fourth-order valence-electron chi connectivity index (χ4n) is 1.72. The number of hydrogen-bond acceptors (Lipinski definition) is 2. The third-order valence-corrected chi connectivity index (χ3v) is 3.12. The molecule has 0 aliphatic heterocycles. The van der Waals surface area contributed by atoms with Crippen LogP contribution in [0.4, 0.5) is 5.69 Å². The predicted molar refractivity (Wildman–Crippen MR) is 98.8 cm³/mol. The summed E-state index contributed by atoms with van der Waals surface area (Å²) in [6, 6.07) is 15.1. The Kier molecular flexibility index (Phi) is 7.31. The van der Waals surface area contributed by atoms with Gasteiger partial charge >= 0.3 is 0 Å². The Balaban J connectivity index is 0.00000220. The van der Waals surface area contributed by atoms with Crippen LogP contribution in [0.2, 0.25) is 5.02 Å². The van der Waals surface area contributed by atoms with Crippen molar-refractivity contribution in [2.75, 3.05) is 12.4 Å². The monoisotopic (exact) mass is 417 g/mol. The van der Waals surface area contributed by atoms with Crippen LogP contribution in [-0.2, 0) is 6.54 Å². The fraction of sp³-hybridized carbons (Fsp3) is 0.133. The summed E-state index contributed by atoms with van der Waals surface area (Å²) in [6.07, 6.45) is 0. The highest BCUT2D eigenvalue weighted by molar-refractivity contribution is 14.0. The van der Waals surface area contributed by atoms with E-state index in [0.29, 0.717) is 23.3 Å². The molecule has 112 valence electrons. The largest absolute Gasteiger partial charge is 0.495 e. The van der Waals surface area contributed by atoms with Crippen LogP contribution in [0.1, 0.15) is 5.56 Å². The number of methoxy groups -OCH3 is 1. The first-order valence-electron chi connectivity index (χ1n) is 6.14. The normalized spacial score (nSPS) is 10.7. The number of nitrogens with one attached hydrogen (secondary N) is 1. The van der Waals surface area contributed by atoms with Gasteiger partial charge < -0.3 is 15.8 Å². The Labute approximate surface area is 146 Å². The maximum atomic E-state index is 6.07. The van der Waals surface area contributed by atoms with E-state index in [1.54, 1.807) is 7.11 Å². The van der Waals surface area contributed by atoms with E-state index in [4.69, 9.17) is 22.1 Å². The highest BCUT2D eigenvalue weighted by atomic mass is 127. The minimum absolute atomic E-state index is 0. The van der Waals surface area contributed by atoms with Gasteiger partial charge in [0.15, 0.2) is 5.96 Å². The third kappa shape index (κ3) is 5.09. The molecule has 0 radical (unpaired) electrons. The molecular formula is C15H17ClIN3O. The lowest BCUT2D eigenvalue weighted by atomic mass is 10.2. The molecule has 0 aromatic heterocycles. The molecule has 3 N–H and O–H groups in total. The molecule has 0 aliphatic carbocycles. The number of para-hydroxylation sites is 2. The summed E-state index contributed by atoms with van der Waals surface area (Å²) >= 11 is 6.07. The minimum Gasteiger partial charge on any atom is -0.495 e. The van der Waals surface area contributed by atoms with E-state index in [-0.39, 0.29) is 24.0 Å². The van der Waals surface area contributed by atoms with Gasteiger partial charge in [-0.3, -0.25) is 0 Å². The molecule has 0 saturated heterocycles. The van der Waals surface area contributed by atoms with Crippen LogP contribution < -0.4 is 15.8 Å². The van der Waals surface area contributed by atoms with Crippen molar-refractivity contribution in [3.8, 4) is 5.75 Å². The lowest BCUT2D eigenvalue weighted by Gasteiger charge is -2.10. The Morgan fingerprint density at radius 1 is 1.19 bits per heavy atom. The average Bonchev–Trinajstić information content (AvgIpc) is 2.47. The van der Waals surface area contributed by atoms with Crippen LogP contribution in [-0.4, -0.2) is 13.1 Å². The number of guanidine groups is 1. The molecule has 0 saturated carbocycles. The van der Waals surface area contributed by atoms with Gasteiger partial charge in [0.25, 0.3) is 0 Å². The molecule has 2 aromatic carbocycles. The van der Waals surface area contributed by atoms with Gasteiger partial charge in [0.2, 0.25) is 0 Å². The smallest absolute Gasteiger partial charge is 0.193 e. The Morgan fingerprint density at radius 2 is 1.86 bits per heavy atom. The first-order valence-corrected chi connectivity index (χ1v) is 6.52. The molecule has 0 spiro atoms. The quantitative estimate of drug-likeness (QED) is 0.451. The van der Waals surface area contributed by atoms with Crippen LogP contribution in [0.25, 0.3) is 0 Å². The molecule has 6 heteroatoms. The van der Waals surface area contributed by atoms with Gasteiger partial charge in [-0.15, -0.1) is 24.0 Å². The van der Waals surface area contributed by atoms with Gasteiger partial charge in [0.05, 0.1) is 19.3 Å². The second-order valence-electron chi connectivity index (χ2n) is 4.12. The van der Waals surface area contributed by atoms with Crippen molar-refractivity contribution in [1.82, 2.24) is 0 Å². The zero-order valence-corrected chi connectivity index (χ0v) is 14.6. The van der Waals surface area contributed by atoms with Crippen LogP contribution in [0.15, 0.2) is 53.5 Å². The first-order chi connectivity index (χ1) is 9.70. The number of ether oxygens (including phenoxy) is 1. The van der Waals surface area contributed by atoms with E-state index in [2.05, 4.69) is 10.3 Å². The maximum Gasteiger partial charge on any atom is 0.193 e. The van der Waals surface area contributed by atoms with E-state index >= 15 is 0 Å². The van der Waals surface area contributed by atoms with Gasteiger partial charge in [0.1, 0.15) is 5.75 Å². The summed E-state index contributed by atoms with van der Waals surface area (Å²) in [5.41, 5.74) is 7.57. The van der Waals surface area contributed by atoms with E-state index in [9.17, 15) is 0 Å². The van der Waals surface area contributed by atoms with E-state index in [0.717, 1.165) is 11.3 Å². The Bertz CT molecular complexity index is 619. The molecule has 21 heavy (non-hydrogen) atoms. The summed E-state index contributed by atoms with van der Waals surface area (Å²) in [4.78, 5) is 4.27. The van der Waals surface area contributed by atoms with Crippen LogP contribution in [0, 0.1) is 0 Å². The van der Waals surface area contributed by atoms with Crippen LogP contribution in [0.5, 0.6) is 5.75 Å². The van der Waals surface area contributed by atoms with E-state index in [1.807, 2.05) is 48.5 Å². The standard InChI is InChI=1S/C15H16ClN3O.HI/c1-20-14-9-5-4-8-13(14)19-15(17)18-10-11-6-2-3-7-12(11)16;/h2-9H,10H2,1H3,(H3,17,18,19);1H. The molecule has 0 aliphatic rings. The van der Waals surface area contributed by atoms with Crippen LogP contribution in [0.3, 0.4) is 0 Å². The second-order valence-corrected chi connectivity index (χ2v) is 4.53. The van der Waals surface area contributed by atoms with Gasteiger partial charge in [-0.1, -0.05) is 41.9 Å². The number of nitrogens with two attached hydrogens (primary N) is 1. The molecule has 0 atom stereocenters. The average molecular weight is 418 g/mol. The molecule has 0 amide bonds. The molecule has 2 rings (SSSR count). The number of benzene rings is 2. The predicted octanol–water partition coefficient (Wildman–Crippen LogP) is 3.89. The lowest BCUT2D eigenvalue weighted by molar-refractivity contribution is 0.417. The number of anilines is 1. The highest BCUT2D eigenvalue weighted by Crippen LogP contribution is 2.22. The Morgan fingerprint density at radius 3 is 2.57 bits per heavy atom. The fourth-order valence-corrected chi connectivity index (χ4v) is 1.92. The van der Waals surface area contributed by atoms with Crippen LogP contribution >= 0.6 is 35.6 Å². The van der Waals surface area contributed by atoms with Gasteiger partial charge in [-0.05, 0) is 23.8 Å². The van der Waals surface area contributed by atoms with Crippen molar-refractivity contribution in [2.45, 2.75) is 6.54 Å². The topological polar surface area (TPSA) is 59.6 Å². The molecule has 0 bridgehead atoms. The zero-order chi connectivity index (χ0) is 14.4. The zero-order valence-electron chi connectivity index (χ0n) is 11.5. The minimum atomic E-state index is 0. The van der Waals surface area contributed by atoms with Crippen molar-refractivity contribution in [2.24, 2.45) is 10.7 Å². The SMILES string of the molecule is COc1ccccc1NC(N)=NCc1ccccc1Cl.I. The highest BCUT2D eigenvalue weighted by Gasteiger charge is 2.03. The van der Waals surface area contributed by atoms with Crippen molar-refractivity contribution in [3.05, 3.63) is 59.1 Å². The Hall–Kier alpha value is -1.47. The number of aliphatic imine (C=N–C) groups is 1. The number of nitrogens with zero attached hydrogens (tertiary/aromatic N) is 1. The molecule has 4 nitrogen and oxygen atoms in total. The summed E-state index contributed by atoms with van der Waals surface area (Å²) in [5, 5.41) is 3.69. The van der Waals surface area contributed by atoms with Crippen molar-refractivity contribution < 1.29 is 4.74 Å². The van der Waals surface area contributed by atoms with Crippen molar-refractivity contribution >= 4 is 47.2 Å². The van der Waals surface area contributed by atoms with Gasteiger partial charge in [0, 0.05) is 5.02 Å². The van der Waals surface area contributed by atoms with Crippen molar-refractivity contribution in [1.29, 1.82) is 0 Å². The third-order valence-electron chi connectivity index (χ3n) is 2.75. The van der Waals surface area contributed by atoms with E-state index < -0.39 is 0 Å². The summed E-state index contributed by atoms with van der Waals surface area (Å²) in [6.45, 7) is 0.424. The summed E-state index contributed by atoms with van der Waals surface area (Å²) in [7, 11) is 1.61.